The summed E-state index contributed by atoms with van der Waals surface area (Å²) >= 11 is 12.7. The average Bonchev–Trinajstić information content (AvgIpc) is 3.17. The molecular weight excluding hydrogens is 742 g/mol. The second-order valence-corrected chi connectivity index (χ2v) is 14.2. The molecule has 1 amide bonds. The van der Waals surface area contributed by atoms with Gasteiger partial charge in [-0.15, -0.1) is 0 Å². The number of carboxylic acids is 1. The van der Waals surface area contributed by atoms with Gasteiger partial charge in [-0.25, -0.2) is 9.18 Å². The van der Waals surface area contributed by atoms with E-state index in [0.717, 1.165) is 38.3 Å². The molecule has 54 heavy (non-hydrogen) atoms. The Morgan fingerprint density at radius 3 is 2.33 bits per heavy atom. The van der Waals surface area contributed by atoms with Gasteiger partial charge >= 0.3 is 11.9 Å². The van der Waals surface area contributed by atoms with Crippen LogP contribution in [-0.4, -0.2) is 68.3 Å². The number of nitrogens with zero attached hydrogens (tertiary/aromatic N) is 2. The Kier molecular flexibility index (Phi) is 11.8. The second-order valence-electron chi connectivity index (χ2n) is 13.3. The summed E-state index contributed by atoms with van der Waals surface area (Å²) in [5.41, 5.74) is -0.0767. The highest BCUT2D eigenvalue weighted by molar-refractivity contribution is 6.35. The number of nitrogens with one attached hydrogen (secondary N) is 2. The number of aliphatic carboxylic acids is 1. The normalized spacial score (nSPS) is 19.2. The van der Waals surface area contributed by atoms with Gasteiger partial charge in [0.05, 0.1) is 14.2 Å². The van der Waals surface area contributed by atoms with Crippen molar-refractivity contribution in [2.75, 3.05) is 45.7 Å². The van der Waals surface area contributed by atoms with E-state index in [2.05, 4.69) is 15.5 Å². The van der Waals surface area contributed by atoms with Crippen LogP contribution in [0.1, 0.15) is 46.0 Å². The van der Waals surface area contributed by atoms with Crippen molar-refractivity contribution in [3.8, 4) is 11.5 Å². The van der Waals surface area contributed by atoms with E-state index in [0.29, 0.717) is 39.6 Å². The third kappa shape index (κ3) is 8.18. The smallest absolute Gasteiger partial charge is 0.334 e. The summed E-state index contributed by atoms with van der Waals surface area (Å²) in [6.45, 7) is 1.75. The largest absolute Gasteiger partial charge is 0.619 e. The van der Waals surface area contributed by atoms with Gasteiger partial charge in [-0.1, -0.05) is 47.5 Å². The van der Waals surface area contributed by atoms with Crippen LogP contribution in [0.5, 0.6) is 11.5 Å². The number of fused-ring (bicyclic) bond motifs is 3. The number of esters is 1. The highest BCUT2D eigenvalue weighted by Crippen LogP contribution is 2.46. The van der Waals surface area contributed by atoms with E-state index in [9.17, 15) is 29.1 Å². The van der Waals surface area contributed by atoms with Crippen LogP contribution in [0.15, 0.2) is 79.1 Å². The van der Waals surface area contributed by atoms with Gasteiger partial charge in [0.2, 0.25) is 0 Å². The molecule has 3 fully saturated rings. The first kappa shape index (κ1) is 38.6. The summed E-state index contributed by atoms with van der Waals surface area (Å²) in [7, 11) is 2.94. The van der Waals surface area contributed by atoms with Crippen molar-refractivity contribution < 1.29 is 42.8 Å². The number of hydrogen-bond donors (Lipinski definition) is 3. The van der Waals surface area contributed by atoms with Gasteiger partial charge in [-0.3, -0.25) is 9.59 Å². The van der Waals surface area contributed by atoms with E-state index in [1.807, 2.05) is 0 Å². The monoisotopic (exact) mass is 780 g/mol. The van der Waals surface area contributed by atoms with E-state index >= 15 is 0 Å². The number of carbonyl (C=O) groups is 3. The Balaban J connectivity index is 1.21. The van der Waals surface area contributed by atoms with E-state index in [4.69, 9.17) is 37.4 Å². The van der Waals surface area contributed by atoms with Crippen LogP contribution in [0.4, 0.5) is 10.1 Å². The fraction of sp³-hybridized carbons (Fsp3) is 0.333. The molecule has 284 valence electrons. The zero-order valence-corrected chi connectivity index (χ0v) is 31.0. The fourth-order valence-electron chi connectivity index (χ4n) is 7.52. The van der Waals surface area contributed by atoms with Gasteiger partial charge in [0.1, 0.15) is 28.5 Å². The van der Waals surface area contributed by atoms with Gasteiger partial charge in [-0.05, 0) is 85.4 Å². The number of amides is 1. The number of anilines is 1. The molecule has 3 aliphatic heterocycles. The third-order valence-corrected chi connectivity index (χ3v) is 10.8. The van der Waals surface area contributed by atoms with E-state index in [1.165, 1.54) is 44.6 Å². The maximum Gasteiger partial charge on any atom is 0.334 e. The van der Waals surface area contributed by atoms with Crippen LogP contribution in [0.2, 0.25) is 10.0 Å². The molecule has 15 heteroatoms. The number of carbonyl (C=O) groups excluding carboxylic acids is 2. The van der Waals surface area contributed by atoms with Crippen LogP contribution in [0, 0.1) is 22.9 Å². The molecule has 2 unspecified atom stereocenters. The molecule has 0 radical (unpaired) electrons. The predicted molar refractivity (Wildman–Crippen MR) is 198 cm³/mol. The topological polar surface area (TPSA) is 153 Å². The summed E-state index contributed by atoms with van der Waals surface area (Å²) < 4.78 is 31.7. The van der Waals surface area contributed by atoms with Gasteiger partial charge in [0, 0.05) is 35.7 Å². The van der Waals surface area contributed by atoms with Crippen molar-refractivity contribution in [3.63, 3.8) is 0 Å². The molecular formula is C39H39Cl2FN4O8. The number of hydrogen-bond acceptors (Lipinski definition) is 9. The summed E-state index contributed by atoms with van der Waals surface area (Å²) in [6.07, 6.45) is 2.93. The van der Waals surface area contributed by atoms with E-state index < -0.39 is 41.9 Å². The molecule has 7 rings (SSSR count). The number of ether oxygens (including phenoxy) is 3. The molecule has 3 N–H and O–H groups in total. The summed E-state index contributed by atoms with van der Waals surface area (Å²) in [4.78, 5) is 42.3. The maximum atomic E-state index is 14.6. The predicted octanol–water partition coefficient (Wildman–Crippen LogP) is 5.77. The first-order chi connectivity index (χ1) is 25.9. The molecule has 4 heterocycles. The first-order valence-electron chi connectivity index (χ1n) is 17.3. The van der Waals surface area contributed by atoms with Crippen LogP contribution in [-0.2, 0) is 26.3 Å². The fourth-order valence-corrected chi connectivity index (χ4v) is 8.11. The van der Waals surface area contributed by atoms with Crippen molar-refractivity contribution in [2.24, 2.45) is 11.8 Å². The van der Waals surface area contributed by atoms with Crippen molar-refractivity contribution >= 4 is 46.7 Å². The highest BCUT2D eigenvalue weighted by Gasteiger charge is 2.54. The number of carboxylic acid groups (broad SMARTS) is 1. The Hall–Kier alpha value is -5.11. The summed E-state index contributed by atoms with van der Waals surface area (Å²) in [5.74, 6) is -2.60. The molecule has 0 saturated carbocycles. The molecule has 12 nitrogen and oxygen atoms in total. The van der Waals surface area contributed by atoms with E-state index in [-0.39, 0.29) is 39.4 Å². The quantitative estimate of drug-likeness (QED) is 0.0817. The minimum Gasteiger partial charge on any atom is -0.619 e. The van der Waals surface area contributed by atoms with Gasteiger partial charge < -0.3 is 40.1 Å². The Morgan fingerprint density at radius 2 is 1.70 bits per heavy atom. The Morgan fingerprint density at radius 1 is 1.00 bits per heavy atom. The minimum atomic E-state index is -1.69. The van der Waals surface area contributed by atoms with Crippen LogP contribution in [0.3, 0.4) is 0 Å². The Bertz CT molecular complexity index is 2020. The molecule has 3 aromatic carbocycles. The van der Waals surface area contributed by atoms with Crippen molar-refractivity contribution in [1.82, 2.24) is 10.2 Å². The lowest BCUT2D eigenvalue weighted by atomic mass is 9.65. The molecule has 3 atom stereocenters. The average molecular weight is 782 g/mol. The third-order valence-electron chi connectivity index (χ3n) is 10.2. The lowest BCUT2D eigenvalue weighted by molar-refractivity contribution is -0.605. The maximum absolute atomic E-state index is 14.6. The highest BCUT2D eigenvalue weighted by atomic mass is 35.5. The molecule has 0 spiro atoms. The number of aromatic nitrogens is 1. The van der Waals surface area contributed by atoms with Crippen molar-refractivity contribution in [1.29, 1.82) is 0 Å². The summed E-state index contributed by atoms with van der Waals surface area (Å²) in [6, 6.07) is 16.8. The summed E-state index contributed by atoms with van der Waals surface area (Å²) in [5, 5.41) is 28.7. The van der Waals surface area contributed by atoms with Gasteiger partial charge in [0.15, 0.2) is 29.4 Å². The standard InChI is InChI=1S/C39H39Cl2FN4O8/c1-52-33-10-9-24(16-35(33)53-2)34(18-29-31(40)21-46(51)22-32(29)41)54-36(47)19-43-37(48)25-5-3-8-28(15-25)44-39(38(49)50,26-6-4-7-27(42)17-26)30-20-45-13-11-23(30)12-14-45/h3-10,15-17,21-23,30,34,44H,11-14,18-20H2,1-2H3,(H,43,48)(H,49,50)/t30-,34?,39?/m0/s1. The van der Waals surface area contributed by atoms with Crippen molar-refractivity contribution in [2.45, 2.75) is 30.9 Å². The number of rotatable bonds is 14. The lowest BCUT2D eigenvalue weighted by Crippen LogP contribution is -2.60. The zero-order chi connectivity index (χ0) is 38.6. The molecule has 0 aliphatic carbocycles. The van der Waals surface area contributed by atoms with Crippen LogP contribution >= 0.6 is 23.2 Å². The number of halogens is 3. The number of piperidine rings is 3. The van der Waals surface area contributed by atoms with Crippen molar-refractivity contribution in [3.05, 3.63) is 122 Å². The van der Waals surface area contributed by atoms with Crippen LogP contribution in [0.25, 0.3) is 0 Å². The first-order valence-corrected chi connectivity index (χ1v) is 18.0. The van der Waals surface area contributed by atoms with Gasteiger partial charge in [0.25, 0.3) is 5.91 Å². The Labute approximate surface area is 321 Å². The van der Waals surface area contributed by atoms with Gasteiger partial charge in [-0.2, -0.15) is 4.73 Å². The number of pyridine rings is 1. The van der Waals surface area contributed by atoms with Crippen LogP contribution < -0.4 is 24.8 Å². The molecule has 2 bridgehead atoms. The minimum absolute atomic E-state index is 0.0162. The number of methoxy groups -OCH3 is 2. The molecule has 3 saturated heterocycles. The molecule has 3 aliphatic rings. The second kappa shape index (κ2) is 16.5. The van der Waals surface area contributed by atoms with E-state index in [1.54, 1.807) is 36.4 Å². The molecule has 4 aromatic rings. The zero-order valence-electron chi connectivity index (χ0n) is 29.5. The molecule has 1 aromatic heterocycles. The lowest BCUT2D eigenvalue weighted by Gasteiger charge is -2.52. The number of benzene rings is 3. The SMILES string of the molecule is COc1ccc(C(Cc2c(Cl)c[n+]([O-])cc2Cl)OC(=O)CNC(=O)c2cccc(NC(C(=O)O)(c3cccc(F)c3)[C@H]3CN4CCC3CC4)c2)cc1OC.